The first-order chi connectivity index (χ1) is 12.0. The van der Waals surface area contributed by atoms with Gasteiger partial charge < -0.3 is 30.3 Å². The Morgan fingerprint density at radius 2 is 1.62 bits per heavy atom. The molecular formula is C19H28O7. The van der Waals surface area contributed by atoms with Crippen LogP contribution in [0.3, 0.4) is 0 Å². The molecule has 4 fully saturated rings. The number of aliphatic hydroxyl groups excluding tert-OH is 5. The number of aliphatic hydroxyl groups is 5. The fourth-order valence-corrected chi connectivity index (χ4v) is 7.16. The summed E-state index contributed by atoms with van der Waals surface area (Å²) in [6.07, 6.45) is -6.54. The predicted octanol–water partition coefficient (Wildman–Crippen LogP) is -0.799. The fourth-order valence-electron chi connectivity index (χ4n) is 7.16. The molecule has 0 bridgehead atoms. The van der Waals surface area contributed by atoms with Crippen molar-refractivity contribution in [2.45, 2.75) is 63.8 Å². The Morgan fingerprint density at radius 1 is 1.00 bits per heavy atom. The lowest BCUT2D eigenvalue weighted by molar-refractivity contribution is -0.283. The van der Waals surface area contributed by atoms with E-state index in [1.54, 1.807) is 20.8 Å². The number of rotatable bonds is 0. The topological polar surface area (TPSA) is 127 Å². The maximum absolute atomic E-state index is 12.6. The zero-order valence-electron chi connectivity index (χ0n) is 15.2. The average Bonchev–Trinajstić information content (AvgIpc) is 2.81. The molecule has 12 atom stereocenters. The molecule has 0 radical (unpaired) electrons. The molecule has 0 aromatic rings. The van der Waals surface area contributed by atoms with E-state index in [0.717, 1.165) is 0 Å². The quantitative estimate of drug-likeness (QED) is 0.280. The summed E-state index contributed by atoms with van der Waals surface area (Å²) in [6, 6.07) is 0. The monoisotopic (exact) mass is 368 g/mol. The van der Waals surface area contributed by atoms with Gasteiger partial charge >= 0.3 is 5.97 Å². The van der Waals surface area contributed by atoms with Crippen molar-refractivity contribution in [2.75, 3.05) is 0 Å². The molecule has 0 unspecified atom stereocenters. The van der Waals surface area contributed by atoms with Crippen molar-refractivity contribution >= 4 is 5.97 Å². The van der Waals surface area contributed by atoms with Crippen molar-refractivity contribution in [3.8, 4) is 0 Å². The Balaban J connectivity index is 1.97. The van der Waals surface area contributed by atoms with Crippen molar-refractivity contribution in [3.05, 3.63) is 12.2 Å². The number of hydrogen-bond donors (Lipinski definition) is 5. The van der Waals surface area contributed by atoms with Crippen molar-refractivity contribution in [1.82, 2.24) is 0 Å². The van der Waals surface area contributed by atoms with Gasteiger partial charge in [-0.25, -0.2) is 0 Å². The van der Waals surface area contributed by atoms with Crippen LogP contribution in [-0.2, 0) is 9.53 Å². The van der Waals surface area contributed by atoms with Crippen LogP contribution in [0.1, 0.15) is 27.2 Å². The minimum Gasteiger partial charge on any atom is -0.459 e. The summed E-state index contributed by atoms with van der Waals surface area (Å²) >= 11 is 0. The highest BCUT2D eigenvalue weighted by molar-refractivity contribution is 5.77. The summed E-state index contributed by atoms with van der Waals surface area (Å²) in [5.74, 6) is -3.17. The van der Waals surface area contributed by atoms with Gasteiger partial charge in [0.05, 0.1) is 36.4 Å². The molecule has 1 heterocycles. The summed E-state index contributed by atoms with van der Waals surface area (Å²) in [5, 5.41) is 54.1. The van der Waals surface area contributed by atoms with Gasteiger partial charge in [0.2, 0.25) is 0 Å². The summed E-state index contributed by atoms with van der Waals surface area (Å²) in [7, 11) is 0. The molecular weight excluding hydrogens is 340 g/mol. The maximum Gasteiger partial charge on any atom is 0.310 e. The normalized spacial score (nSPS) is 61.7. The molecule has 0 aromatic heterocycles. The van der Waals surface area contributed by atoms with E-state index in [9.17, 15) is 30.3 Å². The van der Waals surface area contributed by atoms with E-state index in [1.807, 2.05) is 0 Å². The third kappa shape index (κ3) is 1.79. The van der Waals surface area contributed by atoms with E-state index in [1.165, 1.54) is 0 Å². The summed E-state index contributed by atoms with van der Waals surface area (Å²) in [4.78, 5) is 12.6. The van der Waals surface area contributed by atoms with Crippen LogP contribution >= 0.6 is 0 Å². The number of ether oxygens (including phenoxy) is 1. The Labute approximate surface area is 152 Å². The number of fused-ring (bicyclic) bond motifs is 2. The van der Waals surface area contributed by atoms with Crippen LogP contribution in [0.4, 0.5) is 0 Å². The zero-order valence-corrected chi connectivity index (χ0v) is 15.2. The van der Waals surface area contributed by atoms with Crippen LogP contribution in [-0.4, -0.2) is 68.1 Å². The standard InChI is InChI=1S/C19H28O7/c1-6-5-8(20)15(24)18(3)9(6)12(22)16-19(4)10(17(25)26-16)7(2)11(21)13(23)14(18)19/h7-16,20-24H,1,5H2,2-4H3/t7-,8+,9-,10-,11-,12-,13+,14-,15-,16-,18+,19+/m1/s1. The Bertz CT molecular complexity index is 664. The lowest BCUT2D eigenvalue weighted by Gasteiger charge is -2.66. The summed E-state index contributed by atoms with van der Waals surface area (Å²) in [6.45, 7) is 9.16. The summed E-state index contributed by atoms with van der Waals surface area (Å²) in [5.41, 5.74) is -1.58. The van der Waals surface area contributed by atoms with Gasteiger partial charge in [0.25, 0.3) is 0 Å². The Morgan fingerprint density at radius 3 is 2.23 bits per heavy atom. The minimum absolute atomic E-state index is 0.126. The molecule has 0 aromatic carbocycles. The van der Waals surface area contributed by atoms with Gasteiger partial charge in [-0.15, -0.1) is 0 Å². The molecule has 0 spiro atoms. The second-order valence-electron chi connectivity index (χ2n) is 9.23. The van der Waals surface area contributed by atoms with Crippen LogP contribution in [0, 0.1) is 34.5 Å². The van der Waals surface area contributed by atoms with Gasteiger partial charge in [-0.1, -0.05) is 32.9 Å². The molecule has 4 rings (SSSR count). The van der Waals surface area contributed by atoms with Crippen LogP contribution in [0.25, 0.3) is 0 Å². The van der Waals surface area contributed by atoms with Gasteiger partial charge in [0.1, 0.15) is 6.10 Å². The van der Waals surface area contributed by atoms with E-state index >= 15 is 0 Å². The smallest absolute Gasteiger partial charge is 0.310 e. The molecule has 26 heavy (non-hydrogen) atoms. The number of carbonyl (C=O) groups is 1. The SMILES string of the molecule is C=C1C[C@H](O)[C@@H](O)[C@]2(C)[C@H]3[C@@H](O)[C@H](O)[C@H](C)[C@@H]4C(=O)O[C@H]([C@H](O)[C@@H]12)[C@]34C. The van der Waals surface area contributed by atoms with E-state index in [-0.39, 0.29) is 6.42 Å². The van der Waals surface area contributed by atoms with Crippen molar-refractivity contribution in [2.24, 2.45) is 34.5 Å². The molecule has 146 valence electrons. The molecule has 7 nitrogen and oxygen atoms in total. The summed E-state index contributed by atoms with van der Waals surface area (Å²) < 4.78 is 5.57. The first kappa shape index (κ1) is 18.4. The third-order valence-electron chi connectivity index (χ3n) is 8.11. The molecule has 1 aliphatic heterocycles. The van der Waals surface area contributed by atoms with Gasteiger partial charge in [-0.05, 0) is 12.3 Å². The minimum atomic E-state index is -1.23. The second kappa shape index (κ2) is 5.29. The highest BCUT2D eigenvalue weighted by Crippen LogP contribution is 2.69. The molecule has 5 N–H and O–H groups in total. The molecule has 4 aliphatic rings. The van der Waals surface area contributed by atoms with Crippen LogP contribution in [0.2, 0.25) is 0 Å². The lowest BCUT2D eigenvalue weighted by atomic mass is 9.38. The first-order valence-electron chi connectivity index (χ1n) is 9.27. The maximum atomic E-state index is 12.6. The van der Waals surface area contributed by atoms with Crippen molar-refractivity contribution < 1.29 is 35.1 Å². The van der Waals surface area contributed by atoms with Crippen LogP contribution < -0.4 is 0 Å². The molecule has 0 amide bonds. The van der Waals surface area contributed by atoms with E-state index < -0.39 is 77.1 Å². The molecule has 1 saturated heterocycles. The van der Waals surface area contributed by atoms with Crippen molar-refractivity contribution in [3.63, 3.8) is 0 Å². The van der Waals surface area contributed by atoms with E-state index in [2.05, 4.69) is 6.58 Å². The highest BCUT2D eigenvalue weighted by atomic mass is 16.6. The Kier molecular flexibility index (Phi) is 3.74. The highest BCUT2D eigenvalue weighted by Gasteiger charge is 2.77. The molecule has 3 aliphatic carbocycles. The number of carbonyl (C=O) groups excluding carboxylic acids is 1. The van der Waals surface area contributed by atoms with Gasteiger partial charge in [0.15, 0.2) is 0 Å². The Hall–Kier alpha value is -0.990. The lowest BCUT2D eigenvalue weighted by Crippen LogP contribution is -2.75. The van der Waals surface area contributed by atoms with Gasteiger partial charge in [-0.2, -0.15) is 0 Å². The zero-order chi connectivity index (χ0) is 19.3. The van der Waals surface area contributed by atoms with Gasteiger partial charge in [-0.3, -0.25) is 4.79 Å². The predicted molar refractivity (Wildman–Crippen MR) is 89.5 cm³/mol. The largest absolute Gasteiger partial charge is 0.459 e. The van der Waals surface area contributed by atoms with Gasteiger partial charge in [0, 0.05) is 22.7 Å². The van der Waals surface area contributed by atoms with Crippen molar-refractivity contribution in [1.29, 1.82) is 0 Å². The second-order valence-corrected chi connectivity index (χ2v) is 9.23. The number of esters is 1. The first-order valence-corrected chi connectivity index (χ1v) is 9.27. The number of hydrogen-bond acceptors (Lipinski definition) is 7. The van der Waals surface area contributed by atoms with E-state index in [4.69, 9.17) is 4.74 Å². The average molecular weight is 368 g/mol. The van der Waals surface area contributed by atoms with Crippen LogP contribution in [0.5, 0.6) is 0 Å². The van der Waals surface area contributed by atoms with Crippen LogP contribution in [0.15, 0.2) is 12.2 Å². The van der Waals surface area contributed by atoms with E-state index in [0.29, 0.717) is 5.57 Å². The fraction of sp³-hybridized carbons (Fsp3) is 0.842. The molecule has 7 heteroatoms. The molecule has 3 saturated carbocycles. The third-order valence-corrected chi connectivity index (χ3v) is 8.11.